The van der Waals surface area contributed by atoms with Crippen molar-refractivity contribution in [2.24, 2.45) is 0 Å². The molecule has 1 amide bonds. The van der Waals surface area contributed by atoms with Gasteiger partial charge in [-0.05, 0) is 31.2 Å². The van der Waals surface area contributed by atoms with Gasteiger partial charge in [0.2, 0.25) is 5.89 Å². The fraction of sp³-hybridized carbons (Fsp3) is 0.150. The second kappa shape index (κ2) is 8.97. The molecule has 0 saturated carbocycles. The third-order valence-electron chi connectivity index (χ3n) is 3.98. The van der Waals surface area contributed by atoms with Crippen LogP contribution in [0, 0.1) is 6.92 Å². The number of hydrogen-bond acceptors (Lipinski definition) is 8. The first-order chi connectivity index (χ1) is 14.2. The summed E-state index contributed by atoms with van der Waals surface area (Å²) in [4.78, 5) is 26.4. The second-order valence-corrected chi connectivity index (χ2v) is 8.03. The molecule has 0 fully saturated rings. The number of aromatic nitrogens is 4. The molecule has 3 heterocycles. The number of thioether (sulfide) groups is 1. The molecule has 0 atom stereocenters. The van der Waals surface area contributed by atoms with E-state index in [2.05, 4.69) is 25.4 Å². The minimum absolute atomic E-state index is 0.143. The van der Waals surface area contributed by atoms with Crippen molar-refractivity contribution in [1.82, 2.24) is 25.4 Å². The van der Waals surface area contributed by atoms with Gasteiger partial charge in [-0.25, -0.2) is 4.98 Å². The number of nitrogens with one attached hydrogen (secondary N) is 1. The van der Waals surface area contributed by atoms with Crippen molar-refractivity contribution in [2.45, 2.75) is 24.1 Å². The minimum atomic E-state index is -0.143. The number of nitrogens with zero attached hydrogens (tertiary/aromatic N) is 4. The van der Waals surface area contributed by atoms with Crippen molar-refractivity contribution in [3.05, 3.63) is 76.5 Å². The van der Waals surface area contributed by atoms with Gasteiger partial charge in [0.15, 0.2) is 5.82 Å². The Labute approximate surface area is 175 Å². The average molecular weight is 424 g/mol. The standard InChI is InChI=1S/C20H17N5O2S2/c1-13-23-18(27-25-13)12-28-17-5-3-2-4-15(17)20(26)22-10-19-24-16(11-29-19)14-6-8-21-9-7-14/h2-9,11H,10,12H2,1H3,(H,22,26). The Kier molecular flexibility index (Phi) is 5.97. The van der Waals surface area contributed by atoms with Crippen molar-refractivity contribution >= 4 is 29.0 Å². The van der Waals surface area contributed by atoms with Crippen molar-refractivity contribution < 1.29 is 9.32 Å². The molecule has 4 rings (SSSR count). The number of amides is 1. The third kappa shape index (κ3) is 4.87. The van der Waals surface area contributed by atoms with Gasteiger partial charge in [0.25, 0.3) is 5.91 Å². The van der Waals surface area contributed by atoms with Crippen LogP contribution < -0.4 is 5.32 Å². The zero-order valence-electron chi connectivity index (χ0n) is 15.5. The summed E-state index contributed by atoms with van der Waals surface area (Å²) >= 11 is 3.01. The minimum Gasteiger partial charge on any atom is -0.345 e. The number of hydrogen-bond donors (Lipinski definition) is 1. The monoisotopic (exact) mass is 423 g/mol. The lowest BCUT2D eigenvalue weighted by atomic mass is 10.2. The van der Waals surface area contributed by atoms with Crippen molar-refractivity contribution in [3.8, 4) is 11.3 Å². The predicted octanol–water partition coefficient (Wildman–Crippen LogP) is 4.12. The van der Waals surface area contributed by atoms with Gasteiger partial charge in [-0.2, -0.15) is 4.98 Å². The summed E-state index contributed by atoms with van der Waals surface area (Å²) in [7, 11) is 0. The lowest BCUT2D eigenvalue weighted by Crippen LogP contribution is -2.23. The topological polar surface area (TPSA) is 93.8 Å². The maximum absolute atomic E-state index is 12.7. The molecule has 3 aromatic heterocycles. The van der Waals surface area contributed by atoms with Gasteiger partial charge < -0.3 is 9.84 Å². The summed E-state index contributed by atoms with van der Waals surface area (Å²) in [5.41, 5.74) is 2.50. The number of carbonyl (C=O) groups is 1. The first kappa shape index (κ1) is 19.3. The van der Waals surface area contributed by atoms with E-state index in [4.69, 9.17) is 4.52 Å². The molecule has 0 spiro atoms. The van der Waals surface area contributed by atoms with E-state index in [1.54, 1.807) is 25.4 Å². The number of pyridine rings is 1. The summed E-state index contributed by atoms with van der Waals surface area (Å²) in [5, 5.41) is 9.56. The number of aryl methyl sites for hydroxylation is 1. The molecule has 0 unspecified atom stereocenters. The summed E-state index contributed by atoms with van der Waals surface area (Å²) in [5.74, 6) is 1.50. The molecule has 0 saturated heterocycles. The van der Waals surface area contributed by atoms with E-state index < -0.39 is 0 Å². The zero-order valence-corrected chi connectivity index (χ0v) is 17.2. The Morgan fingerprint density at radius 1 is 1.17 bits per heavy atom. The SMILES string of the molecule is Cc1noc(CSc2ccccc2C(=O)NCc2nc(-c3ccncc3)cs2)n1. The number of benzene rings is 1. The molecule has 0 radical (unpaired) electrons. The van der Waals surface area contributed by atoms with Crippen LogP contribution in [0.15, 0.2) is 63.6 Å². The second-order valence-electron chi connectivity index (χ2n) is 6.07. The van der Waals surface area contributed by atoms with Crippen LogP contribution in [0.2, 0.25) is 0 Å². The maximum Gasteiger partial charge on any atom is 0.252 e. The van der Waals surface area contributed by atoms with Crippen LogP contribution in [0.25, 0.3) is 11.3 Å². The Bertz CT molecular complexity index is 1110. The molecular formula is C20H17N5O2S2. The summed E-state index contributed by atoms with van der Waals surface area (Å²) in [6.07, 6.45) is 3.47. The molecule has 0 aliphatic heterocycles. The Morgan fingerprint density at radius 3 is 2.79 bits per heavy atom. The van der Waals surface area contributed by atoms with Crippen molar-refractivity contribution in [1.29, 1.82) is 0 Å². The van der Waals surface area contributed by atoms with Crippen LogP contribution in [0.1, 0.15) is 27.1 Å². The van der Waals surface area contributed by atoms with E-state index in [1.807, 2.05) is 35.7 Å². The quantitative estimate of drug-likeness (QED) is 0.447. The summed E-state index contributed by atoms with van der Waals surface area (Å²) in [6.45, 7) is 2.15. The smallest absolute Gasteiger partial charge is 0.252 e. The number of thiazole rings is 1. The molecule has 9 heteroatoms. The predicted molar refractivity (Wildman–Crippen MR) is 112 cm³/mol. The molecule has 146 valence electrons. The fourth-order valence-corrected chi connectivity index (χ4v) is 4.25. The Hall–Kier alpha value is -3.04. The van der Waals surface area contributed by atoms with E-state index >= 15 is 0 Å². The van der Waals surface area contributed by atoms with E-state index in [1.165, 1.54) is 23.1 Å². The first-order valence-electron chi connectivity index (χ1n) is 8.83. The fourth-order valence-electron chi connectivity index (χ4n) is 2.62. The molecule has 1 N–H and O–H groups in total. The van der Waals surface area contributed by atoms with Gasteiger partial charge in [-0.3, -0.25) is 9.78 Å². The molecule has 0 aliphatic rings. The number of rotatable bonds is 7. The van der Waals surface area contributed by atoms with Crippen molar-refractivity contribution in [3.63, 3.8) is 0 Å². The Balaban J connectivity index is 1.39. The van der Waals surface area contributed by atoms with Gasteiger partial charge in [0, 0.05) is 28.2 Å². The molecule has 0 bridgehead atoms. The van der Waals surface area contributed by atoms with Gasteiger partial charge in [0.1, 0.15) is 5.01 Å². The van der Waals surface area contributed by atoms with Gasteiger partial charge in [0.05, 0.1) is 23.6 Å². The molecule has 0 aliphatic carbocycles. The first-order valence-corrected chi connectivity index (χ1v) is 10.7. The maximum atomic E-state index is 12.7. The molecular weight excluding hydrogens is 406 g/mol. The molecule has 7 nitrogen and oxygen atoms in total. The van der Waals surface area contributed by atoms with Crippen LogP contribution in [0.3, 0.4) is 0 Å². The molecule has 1 aromatic carbocycles. The largest absolute Gasteiger partial charge is 0.345 e. The highest BCUT2D eigenvalue weighted by atomic mass is 32.2. The highest BCUT2D eigenvalue weighted by Gasteiger charge is 2.14. The summed E-state index contributed by atoms with van der Waals surface area (Å²) < 4.78 is 5.14. The van der Waals surface area contributed by atoms with Crippen molar-refractivity contribution in [2.75, 3.05) is 0 Å². The third-order valence-corrected chi connectivity index (χ3v) is 5.89. The van der Waals surface area contributed by atoms with Crippen LogP contribution >= 0.6 is 23.1 Å². The van der Waals surface area contributed by atoms with Crippen LogP contribution in [0.5, 0.6) is 0 Å². The molecule has 29 heavy (non-hydrogen) atoms. The average Bonchev–Trinajstić information content (AvgIpc) is 3.40. The van der Waals surface area contributed by atoms with Gasteiger partial charge >= 0.3 is 0 Å². The van der Waals surface area contributed by atoms with Crippen LogP contribution in [0.4, 0.5) is 0 Å². The van der Waals surface area contributed by atoms with E-state index in [9.17, 15) is 4.79 Å². The van der Waals surface area contributed by atoms with E-state index in [-0.39, 0.29) is 5.91 Å². The van der Waals surface area contributed by atoms with Gasteiger partial charge in [-0.1, -0.05) is 17.3 Å². The van der Waals surface area contributed by atoms with E-state index in [0.717, 1.165) is 21.2 Å². The Morgan fingerprint density at radius 2 is 2.00 bits per heavy atom. The lowest BCUT2D eigenvalue weighted by Gasteiger charge is -2.08. The molecule has 4 aromatic rings. The highest BCUT2D eigenvalue weighted by molar-refractivity contribution is 7.98. The van der Waals surface area contributed by atoms with Crippen LogP contribution in [-0.2, 0) is 12.3 Å². The van der Waals surface area contributed by atoms with E-state index in [0.29, 0.717) is 29.6 Å². The lowest BCUT2D eigenvalue weighted by molar-refractivity contribution is 0.0948. The zero-order chi connectivity index (χ0) is 20.1. The van der Waals surface area contributed by atoms with Crippen LogP contribution in [-0.4, -0.2) is 26.0 Å². The summed E-state index contributed by atoms with van der Waals surface area (Å²) in [6, 6.07) is 11.3. The highest BCUT2D eigenvalue weighted by Crippen LogP contribution is 2.26. The normalized spacial score (nSPS) is 10.8. The number of carbonyl (C=O) groups excluding carboxylic acids is 1. The van der Waals surface area contributed by atoms with Gasteiger partial charge in [-0.15, -0.1) is 23.1 Å².